The molecule has 9 heteroatoms. The third-order valence-electron chi connectivity index (χ3n) is 6.63. The summed E-state index contributed by atoms with van der Waals surface area (Å²) in [5.74, 6) is -1.03. The summed E-state index contributed by atoms with van der Waals surface area (Å²) in [6.07, 6.45) is 0.715. The zero-order valence-electron chi connectivity index (χ0n) is 17.7. The molecule has 34 heavy (non-hydrogen) atoms. The van der Waals surface area contributed by atoms with Crippen molar-refractivity contribution in [2.45, 2.75) is 33.9 Å². The van der Waals surface area contributed by atoms with Gasteiger partial charge in [-0.25, -0.2) is 4.79 Å². The van der Waals surface area contributed by atoms with Crippen LogP contribution in [0, 0.1) is 16.0 Å². The molecule has 6 nitrogen and oxygen atoms in total. The number of aromatic carboxylic acids is 1. The number of carboxylic acid groups (broad SMARTS) is 1. The Hall–Kier alpha value is -2.74. The van der Waals surface area contributed by atoms with E-state index in [-0.39, 0.29) is 44.7 Å². The first-order chi connectivity index (χ1) is 16.3. The maximum atomic E-state index is 11.7. The minimum Gasteiger partial charge on any atom is -0.478 e. The van der Waals surface area contributed by atoms with E-state index in [0.717, 1.165) is 16.8 Å². The average molecular weight is 515 g/mol. The van der Waals surface area contributed by atoms with Crippen molar-refractivity contribution >= 4 is 52.3 Å². The van der Waals surface area contributed by atoms with Crippen LogP contribution in [0.4, 0.5) is 11.4 Å². The summed E-state index contributed by atoms with van der Waals surface area (Å²) >= 11 is 14.6. The summed E-state index contributed by atoms with van der Waals surface area (Å²) < 4.78 is 0. The van der Waals surface area contributed by atoms with E-state index < -0.39 is 5.97 Å². The number of nitrogens with zero attached hydrogens (tertiary/aromatic N) is 1. The van der Waals surface area contributed by atoms with Crippen LogP contribution in [0.1, 0.15) is 39.9 Å². The molecule has 0 spiro atoms. The van der Waals surface area contributed by atoms with Gasteiger partial charge in [0.2, 0.25) is 0 Å². The third kappa shape index (κ3) is 4.13. The molecule has 3 aromatic carbocycles. The van der Waals surface area contributed by atoms with Crippen LogP contribution in [-0.4, -0.2) is 26.6 Å². The molecule has 0 unspecified atom stereocenters. The third-order valence-corrected chi connectivity index (χ3v) is 8.99. The van der Waals surface area contributed by atoms with E-state index in [1.54, 1.807) is 36.4 Å². The number of nitrogens with one attached hydrogen (secondary N) is 1. The molecular weight excluding hydrogens is 495 g/mol. The van der Waals surface area contributed by atoms with Gasteiger partial charge < -0.3 is 10.4 Å². The Kier molecular flexibility index (Phi) is 6.18. The van der Waals surface area contributed by atoms with Crippen molar-refractivity contribution in [2.24, 2.45) is 5.92 Å². The molecule has 1 saturated carbocycles. The molecule has 1 fully saturated rings. The quantitative estimate of drug-likeness (QED) is 0.216. The Balaban J connectivity index is 1.55. The first-order valence-corrected chi connectivity index (χ1v) is 12.5. The van der Waals surface area contributed by atoms with Crippen LogP contribution in [0.3, 0.4) is 0 Å². The highest BCUT2D eigenvalue weighted by molar-refractivity contribution is 8.00. The smallest absolute Gasteiger partial charge is 0.335 e. The molecule has 0 saturated heterocycles. The van der Waals surface area contributed by atoms with Crippen molar-refractivity contribution in [3.8, 4) is 0 Å². The molecule has 0 radical (unpaired) electrons. The van der Waals surface area contributed by atoms with Crippen molar-refractivity contribution in [1.29, 1.82) is 0 Å². The predicted octanol–water partition coefficient (Wildman–Crippen LogP) is 6.99. The lowest BCUT2D eigenvalue weighted by atomic mass is 9.77. The lowest BCUT2D eigenvalue weighted by Gasteiger charge is -2.38. The molecule has 5 rings (SSSR count). The van der Waals surface area contributed by atoms with Gasteiger partial charge in [0.1, 0.15) is 0 Å². The van der Waals surface area contributed by atoms with Crippen LogP contribution in [0.15, 0.2) is 71.6 Å². The Morgan fingerprint density at radius 3 is 2.56 bits per heavy atom. The van der Waals surface area contributed by atoms with Gasteiger partial charge in [-0.2, -0.15) is 0 Å². The van der Waals surface area contributed by atoms with Gasteiger partial charge >= 0.3 is 5.97 Å². The van der Waals surface area contributed by atoms with E-state index in [1.165, 1.54) is 17.8 Å². The highest BCUT2D eigenvalue weighted by Crippen LogP contribution is 2.58. The van der Waals surface area contributed by atoms with Gasteiger partial charge in [0.05, 0.1) is 26.8 Å². The number of hydrogen-bond acceptors (Lipinski definition) is 5. The summed E-state index contributed by atoms with van der Waals surface area (Å²) in [7, 11) is 0. The van der Waals surface area contributed by atoms with Gasteiger partial charge in [0, 0.05) is 27.9 Å². The molecule has 1 aliphatic heterocycles. The average Bonchev–Trinajstić information content (AvgIpc) is 3.15. The van der Waals surface area contributed by atoms with Crippen molar-refractivity contribution in [3.05, 3.63) is 98.6 Å². The first kappa shape index (κ1) is 23.0. The number of hydrogen-bond donors (Lipinski definition) is 2. The largest absolute Gasteiger partial charge is 0.478 e. The summed E-state index contributed by atoms with van der Waals surface area (Å²) in [5.41, 5.74) is 3.07. The number of halogens is 2. The second-order valence-corrected chi connectivity index (χ2v) is 10.8. The van der Waals surface area contributed by atoms with Crippen LogP contribution in [0.5, 0.6) is 0 Å². The molecule has 5 atom stereocenters. The number of anilines is 1. The SMILES string of the molecule is O=C(O)c1ccc2c(c1)[C@@H]1[C@H](Cl)[C@H](Sc3ccccc3[N+](=O)[O-])C[C@H]1[C@H](c1ccc(Cl)cc1)N2. The molecule has 174 valence electrons. The minimum atomic E-state index is -0.992. The fourth-order valence-electron chi connectivity index (χ4n) is 5.12. The van der Waals surface area contributed by atoms with E-state index >= 15 is 0 Å². The van der Waals surface area contributed by atoms with Crippen LogP contribution >= 0.6 is 35.0 Å². The van der Waals surface area contributed by atoms with E-state index in [4.69, 9.17) is 23.2 Å². The summed E-state index contributed by atoms with van der Waals surface area (Å²) in [6, 6.07) is 19.4. The number of nitro groups is 1. The predicted molar refractivity (Wildman–Crippen MR) is 134 cm³/mol. The molecule has 1 heterocycles. The molecule has 0 amide bonds. The van der Waals surface area contributed by atoms with E-state index in [9.17, 15) is 20.0 Å². The summed E-state index contributed by atoms with van der Waals surface area (Å²) in [4.78, 5) is 23.4. The van der Waals surface area contributed by atoms with Crippen molar-refractivity contribution in [3.63, 3.8) is 0 Å². The molecule has 0 bridgehead atoms. The standard InChI is InChI=1S/C25H20Cl2N2O4S/c26-15-8-5-13(6-9-15)24-17-12-21(34-20-4-2-1-3-19(20)29(32)33)23(27)22(17)16-11-14(25(30)31)7-10-18(16)28-24/h1-11,17,21-24,28H,12H2,(H,30,31)/t17-,21-,22+,23-,24+/m1/s1. The maximum absolute atomic E-state index is 11.7. The normalized spacial score (nSPS) is 25.2. The molecule has 2 aliphatic rings. The Labute approximate surface area is 210 Å². The number of nitro benzene ring substituents is 1. The highest BCUT2D eigenvalue weighted by atomic mass is 35.5. The number of para-hydroxylation sites is 1. The number of carboxylic acids is 1. The number of benzene rings is 3. The maximum Gasteiger partial charge on any atom is 0.335 e. The zero-order valence-corrected chi connectivity index (χ0v) is 20.1. The second-order valence-electron chi connectivity index (χ2n) is 8.53. The number of carbonyl (C=O) groups is 1. The summed E-state index contributed by atoms with van der Waals surface area (Å²) in [6.45, 7) is 0. The topological polar surface area (TPSA) is 92.5 Å². The fourth-order valence-corrected chi connectivity index (χ4v) is 7.19. The molecular formula is C25H20Cl2N2O4S. The molecule has 1 aliphatic carbocycles. The monoisotopic (exact) mass is 514 g/mol. The van der Waals surface area contributed by atoms with Crippen LogP contribution in [0.2, 0.25) is 5.02 Å². The Morgan fingerprint density at radius 2 is 1.85 bits per heavy atom. The summed E-state index contributed by atoms with van der Waals surface area (Å²) in [5, 5.41) is 24.9. The Bertz CT molecular complexity index is 1270. The minimum absolute atomic E-state index is 0.0527. The number of alkyl halides is 1. The van der Waals surface area contributed by atoms with E-state index in [2.05, 4.69) is 5.32 Å². The number of rotatable bonds is 5. The van der Waals surface area contributed by atoms with Gasteiger partial charge in [0.25, 0.3) is 5.69 Å². The fraction of sp³-hybridized carbons (Fsp3) is 0.240. The van der Waals surface area contributed by atoms with Crippen molar-refractivity contribution < 1.29 is 14.8 Å². The van der Waals surface area contributed by atoms with Gasteiger partial charge in [-0.15, -0.1) is 23.4 Å². The zero-order chi connectivity index (χ0) is 24.0. The molecule has 2 N–H and O–H groups in total. The van der Waals surface area contributed by atoms with Crippen molar-refractivity contribution in [2.75, 3.05) is 5.32 Å². The van der Waals surface area contributed by atoms with Crippen molar-refractivity contribution in [1.82, 2.24) is 0 Å². The lowest BCUT2D eigenvalue weighted by Crippen LogP contribution is -2.31. The van der Waals surface area contributed by atoms with Gasteiger partial charge in [0.15, 0.2) is 0 Å². The van der Waals surface area contributed by atoms with Gasteiger partial charge in [-0.3, -0.25) is 10.1 Å². The van der Waals surface area contributed by atoms with E-state index in [1.807, 2.05) is 24.3 Å². The first-order valence-electron chi connectivity index (χ1n) is 10.8. The number of fused-ring (bicyclic) bond motifs is 3. The van der Waals surface area contributed by atoms with Gasteiger partial charge in [-0.05, 0) is 59.9 Å². The van der Waals surface area contributed by atoms with Gasteiger partial charge in [-0.1, -0.05) is 35.9 Å². The van der Waals surface area contributed by atoms with Crippen LogP contribution < -0.4 is 5.32 Å². The molecule has 0 aromatic heterocycles. The highest BCUT2D eigenvalue weighted by Gasteiger charge is 2.50. The molecule has 3 aromatic rings. The van der Waals surface area contributed by atoms with Crippen LogP contribution in [0.25, 0.3) is 0 Å². The van der Waals surface area contributed by atoms with E-state index in [0.29, 0.717) is 16.3 Å². The Morgan fingerprint density at radius 1 is 1.12 bits per heavy atom. The lowest BCUT2D eigenvalue weighted by molar-refractivity contribution is -0.387. The second kappa shape index (κ2) is 9.13. The van der Waals surface area contributed by atoms with Crippen LogP contribution in [-0.2, 0) is 0 Å². The number of thioether (sulfide) groups is 1.